The van der Waals surface area contributed by atoms with Crippen LogP contribution in [-0.4, -0.2) is 119 Å². The number of carboxylic acids is 3. The van der Waals surface area contributed by atoms with Gasteiger partial charge in [-0.3, -0.25) is 24.0 Å². The number of ketones is 2. The number of carbonyl (C=O) groups excluding carboxylic acids is 9. The second-order valence-corrected chi connectivity index (χ2v) is 6.03. The first kappa shape index (κ1) is 61.8. The molecule has 2 atom stereocenters. The van der Waals surface area contributed by atoms with E-state index in [9.17, 15) is 57.5 Å². The number of aliphatic carboxylic acids is 3. The predicted molar refractivity (Wildman–Crippen MR) is 132 cm³/mol. The largest absolute Gasteiger partial charge is 2.00 e. The molecule has 2 radical (unpaired) electrons. The van der Waals surface area contributed by atoms with Crippen LogP contribution in [0.2, 0.25) is 0 Å². The smallest absolute Gasteiger partial charge is 0.680 e. The molecule has 0 saturated carbocycles. The van der Waals surface area contributed by atoms with E-state index < -0.39 is 76.4 Å². The van der Waals surface area contributed by atoms with E-state index in [1.54, 1.807) is 0 Å². The fourth-order valence-corrected chi connectivity index (χ4v) is 1.86. The zero-order valence-corrected chi connectivity index (χ0v) is 32.4. The summed E-state index contributed by atoms with van der Waals surface area (Å²) >= 11 is 0. The van der Waals surface area contributed by atoms with Gasteiger partial charge in [0, 0.05) is 65.4 Å². The molecule has 0 aliphatic heterocycles. The molecule has 0 aliphatic rings. The van der Waals surface area contributed by atoms with Crippen LogP contribution in [0.25, 0.3) is 34.4 Å². The zero-order chi connectivity index (χ0) is 35.9. The van der Waals surface area contributed by atoms with Gasteiger partial charge in [-0.1, -0.05) is 0 Å². The maximum Gasteiger partial charge on any atom is 2.00 e. The average Bonchev–Trinajstić information content (AvgIpc) is 2.90. The van der Waals surface area contributed by atoms with E-state index in [0.29, 0.717) is 0 Å². The van der Waals surface area contributed by atoms with Gasteiger partial charge in [0.1, 0.15) is 23.6 Å². The van der Waals surface area contributed by atoms with Gasteiger partial charge in [0.25, 0.3) is 25.0 Å². The summed E-state index contributed by atoms with van der Waals surface area (Å²) in [5.74, 6) is -16.1. The number of ether oxygens (including phenoxy) is 3. The van der Waals surface area contributed by atoms with Crippen molar-refractivity contribution >= 4 is 72.5 Å². The Bertz CT molecular complexity index is 865. The molecule has 9 N–H and O–H groups in total. The van der Waals surface area contributed by atoms with Crippen molar-refractivity contribution < 1.29 is 174 Å². The van der Waals surface area contributed by atoms with Gasteiger partial charge in [-0.25, -0.2) is 14.4 Å². The molecule has 24 nitrogen and oxygen atoms in total. The van der Waals surface area contributed by atoms with Crippen molar-refractivity contribution in [3.05, 3.63) is 34.4 Å². The van der Waals surface area contributed by atoms with Crippen molar-refractivity contribution in [2.75, 3.05) is 14.1 Å². The molecule has 0 aromatic carbocycles. The van der Waals surface area contributed by atoms with Gasteiger partial charge in [-0.05, 0) is 13.8 Å². The summed E-state index contributed by atoms with van der Waals surface area (Å²) in [6.07, 6.45) is 0. The van der Waals surface area contributed by atoms with Crippen LogP contribution in [0.1, 0.15) is 13.8 Å². The SMILES string of the molecule is CC(=O)C(OC=O)(C([NH-])=O)C(=O)O.CC(=O)C(OC=O)(C([NH-])=O)C(=O)O.C[NH-].C[NH-].[NH-]C(=O)C(OC=O)(C([NH-])=O)C(=O)O.[W+2].[Y].[Y]. The molecule has 0 spiro atoms. The summed E-state index contributed by atoms with van der Waals surface area (Å²) in [6.45, 7) is 0.283. The van der Waals surface area contributed by atoms with E-state index in [1.165, 1.54) is 14.1 Å². The fraction of sp³-hybridized carbons (Fsp3) is 0.368. The Kier molecular flexibility index (Phi) is 41.0. The molecule has 0 fully saturated rings. The van der Waals surface area contributed by atoms with Crippen LogP contribution in [0.5, 0.6) is 0 Å². The van der Waals surface area contributed by atoms with Gasteiger partial charge in [0.2, 0.25) is 0 Å². The van der Waals surface area contributed by atoms with Crippen LogP contribution in [-0.2, 0) is 158 Å². The second kappa shape index (κ2) is 30.5. The van der Waals surface area contributed by atoms with E-state index in [0.717, 1.165) is 13.8 Å². The number of Topliss-reactive ketones (excluding diaryl/α,β-unsaturated/α-hetero) is 2. The first-order valence-corrected chi connectivity index (χ1v) is 9.78. The minimum atomic E-state index is -3.35. The first-order valence-electron chi connectivity index (χ1n) is 9.78. The first-order chi connectivity index (χ1) is 19.7. The Balaban J connectivity index is -0.0000000720. The summed E-state index contributed by atoms with van der Waals surface area (Å²) in [7, 11) is 2.50. The Morgan fingerprint density at radius 1 is 0.478 bits per heavy atom. The van der Waals surface area contributed by atoms with Crippen LogP contribution in [0.15, 0.2) is 0 Å². The second-order valence-electron chi connectivity index (χ2n) is 6.03. The molecule has 2 unspecified atom stereocenters. The number of carbonyl (C=O) groups is 12. The Labute approximate surface area is 322 Å². The number of carboxylic acid groups (broad SMARTS) is 3. The minimum Gasteiger partial charge on any atom is -0.680 e. The maximum atomic E-state index is 10.7. The van der Waals surface area contributed by atoms with Gasteiger partial charge < -0.3 is 83.1 Å². The Hall–Kier alpha value is -3.14. The quantitative estimate of drug-likeness (QED) is 0.0982. The Morgan fingerprint density at radius 2 is 0.630 bits per heavy atom. The van der Waals surface area contributed by atoms with Crippen molar-refractivity contribution in [3.63, 3.8) is 0 Å². The number of hydrogen-bond donors (Lipinski definition) is 3. The number of nitrogens with one attached hydrogen (secondary N) is 6. The maximum absolute atomic E-state index is 10.7. The monoisotopic (exact) mass is 986 g/mol. The normalized spacial score (nSPS) is 11.0. The molecule has 0 rings (SSSR count). The molecule has 0 aromatic rings. The van der Waals surface area contributed by atoms with Crippen molar-refractivity contribution in [1.82, 2.24) is 0 Å². The molecule has 254 valence electrons. The van der Waals surface area contributed by atoms with E-state index in [1.807, 2.05) is 0 Å². The van der Waals surface area contributed by atoms with Crippen LogP contribution >= 0.6 is 0 Å². The van der Waals surface area contributed by atoms with Crippen LogP contribution in [0.4, 0.5) is 0 Å². The van der Waals surface area contributed by atoms with Gasteiger partial charge in [0.15, 0.2) is 11.6 Å². The molecule has 0 saturated heterocycles. The summed E-state index contributed by atoms with van der Waals surface area (Å²) in [6, 6.07) is 0. The molecule has 0 bridgehead atoms. The Morgan fingerprint density at radius 3 is 0.674 bits per heavy atom. The van der Waals surface area contributed by atoms with Crippen molar-refractivity contribution in [3.8, 4) is 0 Å². The van der Waals surface area contributed by atoms with Crippen molar-refractivity contribution in [2.45, 2.75) is 30.7 Å². The molecule has 0 heterocycles. The minimum absolute atomic E-state index is 0. The third-order valence-electron chi connectivity index (χ3n) is 3.85. The number of rotatable bonds is 15. The van der Waals surface area contributed by atoms with Crippen LogP contribution in [0.3, 0.4) is 0 Å². The number of amides is 4. The molecule has 46 heavy (non-hydrogen) atoms. The van der Waals surface area contributed by atoms with E-state index in [-0.39, 0.29) is 99.4 Å². The van der Waals surface area contributed by atoms with Gasteiger partial charge in [0.05, 0.1) is 0 Å². The van der Waals surface area contributed by atoms with E-state index in [2.05, 4.69) is 14.2 Å². The van der Waals surface area contributed by atoms with Crippen molar-refractivity contribution in [1.29, 1.82) is 0 Å². The standard InChI is InChI=1S/2C6H7NO6.C5H6N2O6.2CH4N.W.2Y/c2*1-3(9)6(4(7)10,5(11)12)13-2-8;6-2(9)5(3(7)10,4(11)12)13-1-8;2*1-2;;;/h2*2H,1H3,(H3,7,10,11,12);1H,(H5,6,7,9,10,11,12);2*2H,1H3;;;/q;;;2*-1;+2;;/p-4. The van der Waals surface area contributed by atoms with Crippen LogP contribution < -0.4 is 0 Å². The van der Waals surface area contributed by atoms with Gasteiger partial charge in [-0.15, -0.1) is 0 Å². The van der Waals surface area contributed by atoms with E-state index >= 15 is 0 Å². The summed E-state index contributed by atoms with van der Waals surface area (Å²) in [4.78, 5) is 124. The molecule has 4 amide bonds. The van der Waals surface area contributed by atoms with Gasteiger partial charge >= 0.3 is 50.2 Å². The van der Waals surface area contributed by atoms with Crippen molar-refractivity contribution in [2.24, 2.45) is 0 Å². The molecule has 27 heteroatoms. The van der Waals surface area contributed by atoms with Crippen LogP contribution in [0, 0.1) is 0 Å². The third-order valence-corrected chi connectivity index (χ3v) is 3.85. The third kappa shape index (κ3) is 16.4. The number of hydrogen-bond acceptors (Lipinski definition) is 15. The van der Waals surface area contributed by atoms with Gasteiger partial charge in [-0.2, -0.15) is 14.1 Å². The molecular weight excluding hydrogens is 962 g/mol. The average molecular weight is 986 g/mol. The molecule has 0 aliphatic carbocycles. The summed E-state index contributed by atoms with van der Waals surface area (Å²) in [5, 5.41) is 25.2. The predicted octanol–water partition coefficient (Wildman–Crippen LogP) is -1.23. The summed E-state index contributed by atoms with van der Waals surface area (Å²) < 4.78 is 11.4. The molecule has 0 aromatic heterocycles. The van der Waals surface area contributed by atoms with E-state index in [4.69, 9.17) is 49.7 Å². The molecular formula is C19H24N6O18WY2-4. The topological polar surface area (TPSA) is 436 Å². The summed E-state index contributed by atoms with van der Waals surface area (Å²) in [5.41, 5.74) is 28.0. The zero-order valence-electron chi connectivity index (χ0n) is 23.8. The fourth-order valence-electron chi connectivity index (χ4n) is 1.86.